The second kappa shape index (κ2) is 6.38. The highest BCUT2D eigenvalue weighted by Gasteiger charge is 2.25. The number of halogens is 1. The lowest BCUT2D eigenvalue weighted by atomic mass is 9.99. The summed E-state index contributed by atoms with van der Waals surface area (Å²) in [6.45, 7) is 3.93. The molecule has 0 amide bonds. The first-order chi connectivity index (χ1) is 11.8. The number of fused-ring (bicyclic) bond motifs is 1. The van der Waals surface area contributed by atoms with Crippen LogP contribution in [0.4, 0.5) is 0 Å². The van der Waals surface area contributed by atoms with Gasteiger partial charge < -0.3 is 5.32 Å². The minimum atomic E-state index is 0.473. The third-order valence-electron chi connectivity index (χ3n) is 4.59. The Kier molecular flexibility index (Phi) is 4.08. The Balaban J connectivity index is 1.89. The number of hydrogen-bond acceptors (Lipinski definition) is 3. The monoisotopic (exact) mass is 338 g/mol. The van der Waals surface area contributed by atoms with Crippen molar-refractivity contribution in [2.45, 2.75) is 32.5 Å². The molecule has 0 aliphatic carbocycles. The summed E-state index contributed by atoms with van der Waals surface area (Å²) in [6, 6.07) is 12.5. The normalized spacial score (nSPS) is 16.8. The van der Waals surface area contributed by atoms with E-state index in [-0.39, 0.29) is 0 Å². The number of aromatic nitrogens is 3. The van der Waals surface area contributed by atoms with E-state index in [9.17, 15) is 0 Å². The summed E-state index contributed by atoms with van der Waals surface area (Å²) in [4.78, 5) is 4.15. The van der Waals surface area contributed by atoms with Gasteiger partial charge in [0.15, 0.2) is 0 Å². The van der Waals surface area contributed by atoms with Crippen LogP contribution in [-0.2, 0) is 13.1 Å². The molecule has 0 bridgehead atoms. The Hall–Kier alpha value is -2.17. The minimum Gasteiger partial charge on any atom is -0.307 e. The molecule has 1 atom stereocenters. The van der Waals surface area contributed by atoms with Gasteiger partial charge in [-0.1, -0.05) is 30.7 Å². The van der Waals surface area contributed by atoms with Crippen molar-refractivity contribution in [3.8, 4) is 22.4 Å². The summed E-state index contributed by atoms with van der Waals surface area (Å²) in [7, 11) is 0. The molecule has 1 aromatic carbocycles. The van der Waals surface area contributed by atoms with Crippen LogP contribution in [0, 0.1) is 0 Å². The Bertz CT molecular complexity index is 840. The lowest BCUT2D eigenvalue weighted by Gasteiger charge is -2.24. The molecule has 3 aromatic rings. The zero-order chi connectivity index (χ0) is 16.5. The van der Waals surface area contributed by atoms with Crippen LogP contribution in [0.2, 0.25) is 5.02 Å². The molecule has 1 aliphatic rings. The van der Waals surface area contributed by atoms with Crippen molar-refractivity contribution in [3.63, 3.8) is 0 Å². The van der Waals surface area contributed by atoms with Gasteiger partial charge in [-0.15, -0.1) is 0 Å². The van der Waals surface area contributed by atoms with E-state index in [0.717, 1.165) is 41.4 Å². The first kappa shape index (κ1) is 15.4. The van der Waals surface area contributed by atoms with Crippen molar-refractivity contribution >= 4 is 11.6 Å². The molecule has 4 rings (SSSR count). The standard InChI is InChI=1S/C19H19ClN4/c1-2-16-12-24-17(11-22-16)18(13-7-9-21-10-8-13)19(23-24)14-3-5-15(20)6-4-14/h3-10,16,22H,2,11-12H2,1H3. The zero-order valence-corrected chi connectivity index (χ0v) is 14.3. The maximum Gasteiger partial charge on any atom is 0.100 e. The SMILES string of the molecule is CCC1Cn2nc(-c3ccc(Cl)cc3)c(-c3ccncc3)c2CN1. The molecule has 4 nitrogen and oxygen atoms in total. The quantitative estimate of drug-likeness (QED) is 0.780. The topological polar surface area (TPSA) is 42.7 Å². The Labute approximate surface area is 146 Å². The third kappa shape index (κ3) is 2.72. The predicted octanol–water partition coefficient (Wildman–Crippen LogP) is 4.15. The summed E-state index contributed by atoms with van der Waals surface area (Å²) in [5.74, 6) is 0. The van der Waals surface area contributed by atoms with Gasteiger partial charge in [-0.25, -0.2) is 0 Å². The Morgan fingerprint density at radius 3 is 2.58 bits per heavy atom. The van der Waals surface area contributed by atoms with E-state index in [0.29, 0.717) is 6.04 Å². The molecular weight excluding hydrogens is 320 g/mol. The van der Waals surface area contributed by atoms with Gasteiger partial charge in [0, 0.05) is 41.1 Å². The number of pyridine rings is 1. The summed E-state index contributed by atoms with van der Waals surface area (Å²) in [6.07, 6.45) is 4.76. The first-order valence-corrected chi connectivity index (χ1v) is 8.63. The minimum absolute atomic E-state index is 0.473. The summed E-state index contributed by atoms with van der Waals surface area (Å²) < 4.78 is 2.16. The molecule has 0 saturated carbocycles. The second-order valence-corrected chi connectivity index (χ2v) is 6.52. The van der Waals surface area contributed by atoms with Gasteiger partial charge in [-0.2, -0.15) is 5.10 Å². The van der Waals surface area contributed by atoms with Crippen molar-refractivity contribution in [2.75, 3.05) is 0 Å². The van der Waals surface area contributed by atoms with Crippen LogP contribution in [0.25, 0.3) is 22.4 Å². The maximum absolute atomic E-state index is 6.05. The molecule has 3 heterocycles. The van der Waals surface area contributed by atoms with Crippen LogP contribution in [0.1, 0.15) is 19.0 Å². The van der Waals surface area contributed by atoms with Crippen molar-refractivity contribution in [1.29, 1.82) is 0 Å². The maximum atomic E-state index is 6.05. The van der Waals surface area contributed by atoms with E-state index in [1.165, 1.54) is 11.3 Å². The summed E-state index contributed by atoms with van der Waals surface area (Å²) >= 11 is 6.05. The van der Waals surface area contributed by atoms with Crippen molar-refractivity contribution in [1.82, 2.24) is 20.1 Å². The van der Waals surface area contributed by atoms with Crippen LogP contribution in [-0.4, -0.2) is 20.8 Å². The molecule has 24 heavy (non-hydrogen) atoms. The fourth-order valence-electron chi connectivity index (χ4n) is 3.25. The van der Waals surface area contributed by atoms with Crippen LogP contribution in [0.5, 0.6) is 0 Å². The van der Waals surface area contributed by atoms with Crippen LogP contribution in [0.15, 0.2) is 48.8 Å². The van der Waals surface area contributed by atoms with E-state index in [2.05, 4.69) is 21.9 Å². The number of benzene rings is 1. The van der Waals surface area contributed by atoms with Gasteiger partial charge in [0.1, 0.15) is 5.69 Å². The second-order valence-electron chi connectivity index (χ2n) is 6.08. The van der Waals surface area contributed by atoms with E-state index in [1.54, 1.807) is 0 Å². The van der Waals surface area contributed by atoms with E-state index >= 15 is 0 Å². The largest absolute Gasteiger partial charge is 0.307 e. The third-order valence-corrected chi connectivity index (χ3v) is 4.84. The number of hydrogen-bond donors (Lipinski definition) is 1. The number of rotatable bonds is 3. The molecule has 5 heteroatoms. The molecule has 1 N–H and O–H groups in total. The molecule has 2 aromatic heterocycles. The molecule has 1 unspecified atom stereocenters. The van der Waals surface area contributed by atoms with Gasteiger partial charge in [-0.3, -0.25) is 9.67 Å². The summed E-state index contributed by atoms with van der Waals surface area (Å²) in [5, 5.41) is 9.29. The van der Waals surface area contributed by atoms with Crippen LogP contribution >= 0.6 is 11.6 Å². The highest BCUT2D eigenvalue weighted by atomic mass is 35.5. The molecule has 122 valence electrons. The van der Waals surface area contributed by atoms with Gasteiger partial charge >= 0.3 is 0 Å². The Morgan fingerprint density at radius 2 is 1.88 bits per heavy atom. The fourth-order valence-corrected chi connectivity index (χ4v) is 3.37. The van der Waals surface area contributed by atoms with E-state index in [4.69, 9.17) is 16.7 Å². The molecule has 1 aliphatic heterocycles. The van der Waals surface area contributed by atoms with Crippen molar-refractivity contribution < 1.29 is 0 Å². The highest BCUT2D eigenvalue weighted by Crippen LogP contribution is 2.36. The molecule has 0 fully saturated rings. The van der Waals surface area contributed by atoms with E-state index in [1.807, 2.05) is 48.8 Å². The van der Waals surface area contributed by atoms with Crippen molar-refractivity contribution in [2.24, 2.45) is 0 Å². The average molecular weight is 339 g/mol. The molecule has 0 radical (unpaired) electrons. The fraction of sp³-hybridized carbons (Fsp3) is 0.263. The lowest BCUT2D eigenvalue weighted by Crippen LogP contribution is -2.38. The molecule has 0 saturated heterocycles. The summed E-state index contributed by atoms with van der Waals surface area (Å²) in [5.41, 5.74) is 5.65. The van der Waals surface area contributed by atoms with Gasteiger partial charge in [-0.05, 0) is 36.2 Å². The van der Waals surface area contributed by atoms with E-state index < -0.39 is 0 Å². The van der Waals surface area contributed by atoms with Crippen LogP contribution < -0.4 is 5.32 Å². The predicted molar refractivity (Wildman–Crippen MR) is 96.8 cm³/mol. The lowest BCUT2D eigenvalue weighted by molar-refractivity contribution is 0.361. The molecular formula is C19H19ClN4. The Morgan fingerprint density at radius 1 is 1.12 bits per heavy atom. The zero-order valence-electron chi connectivity index (χ0n) is 13.5. The van der Waals surface area contributed by atoms with Gasteiger partial charge in [0.25, 0.3) is 0 Å². The molecule has 0 spiro atoms. The first-order valence-electron chi connectivity index (χ1n) is 8.25. The van der Waals surface area contributed by atoms with Crippen molar-refractivity contribution in [3.05, 3.63) is 59.5 Å². The number of nitrogens with one attached hydrogen (secondary N) is 1. The smallest absolute Gasteiger partial charge is 0.100 e. The van der Waals surface area contributed by atoms with Gasteiger partial charge in [0.05, 0.1) is 12.2 Å². The number of nitrogens with zero attached hydrogens (tertiary/aromatic N) is 3. The average Bonchev–Trinajstić information content (AvgIpc) is 3.01. The van der Waals surface area contributed by atoms with Crippen LogP contribution in [0.3, 0.4) is 0 Å². The van der Waals surface area contributed by atoms with Gasteiger partial charge in [0.2, 0.25) is 0 Å². The highest BCUT2D eigenvalue weighted by molar-refractivity contribution is 6.30.